The van der Waals surface area contributed by atoms with E-state index in [4.69, 9.17) is 4.74 Å². The first-order chi connectivity index (χ1) is 16.7. The first-order valence-corrected chi connectivity index (χ1v) is 12.3. The fourth-order valence-electron chi connectivity index (χ4n) is 4.30. The van der Waals surface area contributed by atoms with Gasteiger partial charge in [-0.25, -0.2) is 14.8 Å². The Morgan fingerprint density at radius 2 is 1.97 bits per heavy atom. The van der Waals surface area contributed by atoms with Gasteiger partial charge in [-0.05, 0) is 25.7 Å². The summed E-state index contributed by atoms with van der Waals surface area (Å²) in [5.41, 5.74) is -1.38. The largest absolute Gasteiger partial charge is 0.481 e. The second-order valence-corrected chi connectivity index (χ2v) is 11.2. The van der Waals surface area contributed by atoms with Crippen LogP contribution in [0.15, 0.2) is 6.20 Å². The Kier molecular flexibility index (Phi) is 9.64. The maximum Gasteiger partial charge on any atom is 0.407 e. The van der Waals surface area contributed by atoms with Crippen LogP contribution in [0.1, 0.15) is 70.6 Å². The quantitative estimate of drug-likeness (QED) is 0.407. The molecule has 36 heavy (non-hydrogen) atoms. The molecule has 0 radical (unpaired) electrons. The Hall–Kier alpha value is -2.95. The molecule has 202 valence electrons. The zero-order valence-corrected chi connectivity index (χ0v) is 22.5. The highest BCUT2D eigenvalue weighted by Crippen LogP contribution is 2.34. The van der Waals surface area contributed by atoms with Gasteiger partial charge in [-0.15, -0.1) is 0 Å². The molecule has 3 N–H and O–H groups in total. The maximum atomic E-state index is 14.0. The topological polar surface area (TPSA) is 145 Å². The molecular weight excluding hydrogens is 466 g/mol. The van der Waals surface area contributed by atoms with Gasteiger partial charge in [0, 0.05) is 51.5 Å². The fraction of sp³-hybridized carbons (Fsp3) is 0.720. The molecule has 2 atom stereocenters. The molecule has 0 bridgehead atoms. The third kappa shape index (κ3) is 7.28. The lowest BCUT2D eigenvalue weighted by molar-refractivity contribution is -0.152. The first kappa shape index (κ1) is 29.3. The van der Waals surface area contributed by atoms with Crippen molar-refractivity contribution < 1.29 is 29.3 Å². The number of anilines is 1. The summed E-state index contributed by atoms with van der Waals surface area (Å²) in [6.45, 7) is 12.7. The van der Waals surface area contributed by atoms with Crippen LogP contribution in [-0.2, 0) is 14.9 Å². The van der Waals surface area contributed by atoms with Crippen molar-refractivity contribution in [1.29, 1.82) is 0 Å². The molecule has 0 aromatic carbocycles. The molecule has 2 amide bonds. The van der Waals surface area contributed by atoms with Crippen molar-refractivity contribution >= 4 is 23.8 Å². The lowest BCUT2D eigenvalue weighted by atomic mass is 9.79. The molecule has 2 rings (SSSR count). The molecule has 0 aliphatic carbocycles. The number of piperidine rings is 1. The summed E-state index contributed by atoms with van der Waals surface area (Å²) in [6.07, 6.45) is 1.16. The van der Waals surface area contributed by atoms with Crippen molar-refractivity contribution in [3.8, 4) is 0 Å². The van der Waals surface area contributed by atoms with Gasteiger partial charge in [-0.1, -0.05) is 34.6 Å². The number of carboxylic acids is 1. The number of ether oxygens (including phenoxy) is 1. The Morgan fingerprint density at radius 1 is 1.31 bits per heavy atom. The van der Waals surface area contributed by atoms with Gasteiger partial charge in [0.25, 0.3) is 5.91 Å². The minimum atomic E-state index is -1.31. The van der Waals surface area contributed by atoms with E-state index in [1.165, 1.54) is 13.1 Å². The average Bonchev–Trinajstić information content (AvgIpc) is 2.78. The van der Waals surface area contributed by atoms with E-state index < -0.39 is 23.5 Å². The van der Waals surface area contributed by atoms with E-state index in [0.717, 1.165) is 4.90 Å². The first-order valence-electron chi connectivity index (χ1n) is 12.3. The average molecular weight is 508 g/mol. The zero-order chi connectivity index (χ0) is 27.3. The number of aliphatic carboxylic acids is 1. The number of hydrogen-bond donors (Lipinski definition) is 3. The number of nitrogens with one attached hydrogen (secondary N) is 1. The minimum absolute atomic E-state index is 0.0359. The second kappa shape index (κ2) is 11.9. The maximum absolute atomic E-state index is 14.0. The van der Waals surface area contributed by atoms with Crippen LogP contribution in [0, 0.1) is 11.3 Å². The Morgan fingerprint density at radius 3 is 2.50 bits per heavy atom. The minimum Gasteiger partial charge on any atom is -0.481 e. The number of carbonyl (C=O) groups excluding carboxylic acids is 1. The predicted octanol–water partition coefficient (Wildman–Crippen LogP) is 3.16. The highest BCUT2D eigenvalue weighted by molar-refractivity contribution is 5.98. The van der Waals surface area contributed by atoms with Crippen LogP contribution in [0.3, 0.4) is 0 Å². The van der Waals surface area contributed by atoms with E-state index >= 15 is 0 Å². The number of nitrogens with zero attached hydrogens (tertiary/aromatic N) is 4. The van der Waals surface area contributed by atoms with Crippen molar-refractivity contribution in [1.82, 2.24) is 19.8 Å². The lowest BCUT2D eigenvalue weighted by Crippen LogP contribution is -2.59. The van der Waals surface area contributed by atoms with Crippen LogP contribution < -0.4 is 5.32 Å². The molecule has 1 aliphatic rings. The van der Waals surface area contributed by atoms with Crippen LogP contribution in [0.25, 0.3) is 0 Å². The summed E-state index contributed by atoms with van der Waals surface area (Å²) < 4.78 is 5.12. The molecule has 0 spiro atoms. The Bertz CT molecular complexity index is 947. The van der Waals surface area contributed by atoms with Crippen LogP contribution in [0.5, 0.6) is 0 Å². The molecular formula is C25H41N5O6. The number of hydrogen-bond acceptors (Lipinski definition) is 7. The molecule has 0 saturated carbocycles. The number of amides is 2. The van der Waals surface area contributed by atoms with E-state index in [0.29, 0.717) is 37.8 Å². The fourth-order valence-corrected chi connectivity index (χ4v) is 4.30. The number of carboxylic acid groups (broad SMARTS) is 2. The van der Waals surface area contributed by atoms with Gasteiger partial charge in [-0.3, -0.25) is 9.59 Å². The van der Waals surface area contributed by atoms with E-state index in [1.807, 2.05) is 34.6 Å². The van der Waals surface area contributed by atoms with Crippen molar-refractivity contribution in [3.63, 3.8) is 0 Å². The van der Waals surface area contributed by atoms with E-state index in [-0.39, 0.29) is 42.3 Å². The molecule has 1 fully saturated rings. The van der Waals surface area contributed by atoms with Gasteiger partial charge in [0.1, 0.15) is 17.2 Å². The third-order valence-corrected chi connectivity index (χ3v) is 6.22. The lowest BCUT2D eigenvalue weighted by Gasteiger charge is -2.45. The molecule has 11 nitrogen and oxygen atoms in total. The summed E-state index contributed by atoms with van der Waals surface area (Å²) >= 11 is 0. The van der Waals surface area contributed by atoms with Crippen molar-refractivity contribution in [2.45, 2.75) is 65.8 Å². The van der Waals surface area contributed by atoms with Crippen LogP contribution >= 0.6 is 0 Å². The number of methoxy groups -OCH3 is 1. The summed E-state index contributed by atoms with van der Waals surface area (Å²) in [5.74, 6) is -0.399. The van der Waals surface area contributed by atoms with Crippen molar-refractivity contribution in [2.75, 3.05) is 45.2 Å². The molecule has 1 aromatic rings. The highest BCUT2D eigenvalue weighted by atomic mass is 16.5. The van der Waals surface area contributed by atoms with E-state index in [9.17, 15) is 24.6 Å². The standard InChI is InChI=1S/C25H41N5O6/c1-16(2)13-30(17-11-25(6,22(32)33)15-29(14-17)23(34)35)20(31)18-12-27-21(24(3,4)5)28-19(18)26-9-8-10-36-7/h12,16-17H,8-11,13-15H2,1-7H3,(H,32,33)(H,34,35)(H,26,27,28)/t17-,25?/m0/s1. The highest BCUT2D eigenvalue weighted by Gasteiger charge is 2.46. The van der Waals surface area contributed by atoms with Crippen molar-refractivity contribution in [3.05, 3.63) is 17.6 Å². The van der Waals surface area contributed by atoms with E-state index in [2.05, 4.69) is 15.3 Å². The molecule has 1 aromatic heterocycles. The summed E-state index contributed by atoms with van der Waals surface area (Å²) in [6, 6.07) is -0.616. The van der Waals surface area contributed by atoms with Gasteiger partial charge < -0.3 is 30.1 Å². The summed E-state index contributed by atoms with van der Waals surface area (Å²) in [4.78, 5) is 49.7. The normalized spacial score (nSPS) is 20.3. The van der Waals surface area contributed by atoms with Gasteiger partial charge >= 0.3 is 12.1 Å². The van der Waals surface area contributed by atoms with Gasteiger partial charge in [0.05, 0.1) is 11.5 Å². The zero-order valence-electron chi connectivity index (χ0n) is 22.5. The third-order valence-electron chi connectivity index (χ3n) is 6.22. The molecule has 2 heterocycles. The molecule has 1 saturated heterocycles. The van der Waals surface area contributed by atoms with Gasteiger partial charge in [-0.2, -0.15) is 0 Å². The number of likely N-dealkylation sites (tertiary alicyclic amines) is 1. The van der Waals surface area contributed by atoms with Crippen LogP contribution in [-0.4, -0.2) is 93.9 Å². The summed E-state index contributed by atoms with van der Waals surface area (Å²) in [7, 11) is 1.62. The predicted molar refractivity (Wildman–Crippen MR) is 135 cm³/mol. The summed E-state index contributed by atoms with van der Waals surface area (Å²) in [5, 5.41) is 22.8. The SMILES string of the molecule is COCCCNc1nc(C(C)(C)C)ncc1C(=O)N(CC(C)C)[C@@H]1CN(C(=O)O)CC(C)(C(=O)O)C1. The molecule has 1 aliphatic heterocycles. The molecule has 11 heteroatoms. The van der Waals surface area contributed by atoms with Crippen LogP contribution in [0.2, 0.25) is 0 Å². The smallest absolute Gasteiger partial charge is 0.407 e. The number of rotatable bonds is 10. The monoisotopic (exact) mass is 507 g/mol. The number of aromatic nitrogens is 2. The Labute approximate surface area is 213 Å². The van der Waals surface area contributed by atoms with Crippen molar-refractivity contribution in [2.24, 2.45) is 11.3 Å². The number of carbonyl (C=O) groups is 3. The second-order valence-electron chi connectivity index (χ2n) is 11.2. The van der Waals surface area contributed by atoms with Crippen LogP contribution in [0.4, 0.5) is 10.6 Å². The molecule has 1 unspecified atom stereocenters. The van der Waals surface area contributed by atoms with Gasteiger partial charge in [0.2, 0.25) is 0 Å². The van der Waals surface area contributed by atoms with Gasteiger partial charge in [0.15, 0.2) is 0 Å². The Balaban J connectivity index is 2.50. The van der Waals surface area contributed by atoms with E-state index in [1.54, 1.807) is 12.0 Å².